The van der Waals surface area contributed by atoms with Gasteiger partial charge in [-0.25, -0.2) is 9.48 Å². The monoisotopic (exact) mass is 546 g/mol. The number of amides is 1. The van der Waals surface area contributed by atoms with E-state index in [-0.39, 0.29) is 24.1 Å². The highest BCUT2D eigenvalue weighted by Gasteiger charge is 2.42. The molecule has 5 rings (SSSR count). The Morgan fingerprint density at radius 3 is 2.20 bits per heavy atom. The lowest BCUT2D eigenvalue weighted by atomic mass is 10.1. The SMILES string of the molecule is COC(=O)C1CC(n2cc(-c3ccc4cc(OC)ccc4c3)nn2)CN1C(=O)c1cc(OC)c(OC)c(OC)c1. The molecule has 0 aliphatic carbocycles. The summed E-state index contributed by atoms with van der Waals surface area (Å²) in [4.78, 5) is 27.9. The summed E-state index contributed by atoms with van der Waals surface area (Å²) in [6.07, 6.45) is 2.15. The number of likely N-dealkylation sites (tertiary alicyclic amines) is 1. The molecule has 2 unspecified atom stereocenters. The zero-order chi connectivity index (χ0) is 28.4. The van der Waals surface area contributed by atoms with Crippen molar-refractivity contribution in [2.75, 3.05) is 42.1 Å². The molecule has 1 fully saturated rings. The number of hydrogen-bond donors (Lipinski definition) is 0. The molecule has 11 heteroatoms. The maximum absolute atomic E-state index is 13.7. The van der Waals surface area contributed by atoms with Crippen LogP contribution in [0.2, 0.25) is 0 Å². The van der Waals surface area contributed by atoms with Crippen LogP contribution in [0.25, 0.3) is 22.0 Å². The van der Waals surface area contributed by atoms with Gasteiger partial charge in [0.25, 0.3) is 5.91 Å². The Morgan fingerprint density at radius 1 is 0.850 bits per heavy atom. The minimum absolute atomic E-state index is 0.232. The predicted octanol–water partition coefficient (Wildman–Crippen LogP) is 3.76. The molecule has 0 saturated carbocycles. The van der Waals surface area contributed by atoms with Crippen LogP contribution < -0.4 is 18.9 Å². The minimum Gasteiger partial charge on any atom is -0.497 e. The van der Waals surface area contributed by atoms with Crippen LogP contribution in [0.3, 0.4) is 0 Å². The maximum atomic E-state index is 13.7. The summed E-state index contributed by atoms with van der Waals surface area (Å²) in [5.41, 5.74) is 1.87. The maximum Gasteiger partial charge on any atom is 0.328 e. The Hall–Kier alpha value is -4.80. The highest BCUT2D eigenvalue weighted by atomic mass is 16.5. The van der Waals surface area contributed by atoms with Gasteiger partial charge in [-0.3, -0.25) is 4.79 Å². The number of benzene rings is 3. The van der Waals surface area contributed by atoms with Gasteiger partial charge in [0.15, 0.2) is 11.5 Å². The molecule has 0 N–H and O–H groups in total. The van der Waals surface area contributed by atoms with Crippen molar-refractivity contribution in [1.29, 1.82) is 0 Å². The Balaban J connectivity index is 1.42. The molecule has 2 atom stereocenters. The number of ether oxygens (including phenoxy) is 5. The number of carbonyl (C=O) groups excluding carboxylic acids is 2. The zero-order valence-electron chi connectivity index (χ0n) is 22.9. The molecule has 1 saturated heterocycles. The van der Waals surface area contributed by atoms with Gasteiger partial charge >= 0.3 is 5.97 Å². The van der Waals surface area contributed by atoms with E-state index in [0.717, 1.165) is 22.1 Å². The summed E-state index contributed by atoms with van der Waals surface area (Å²) in [6.45, 7) is 0.232. The normalized spacial score (nSPS) is 16.6. The van der Waals surface area contributed by atoms with Crippen LogP contribution in [0.4, 0.5) is 0 Å². The fourth-order valence-corrected chi connectivity index (χ4v) is 5.06. The first-order chi connectivity index (χ1) is 19.4. The van der Waals surface area contributed by atoms with Gasteiger partial charge < -0.3 is 28.6 Å². The molecule has 1 aliphatic heterocycles. The molecular weight excluding hydrogens is 516 g/mol. The van der Waals surface area contributed by atoms with Gasteiger partial charge in [-0.05, 0) is 41.1 Å². The molecule has 0 radical (unpaired) electrons. The van der Waals surface area contributed by atoms with Crippen molar-refractivity contribution in [3.63, 3.8) is 0 Å². The molecule has 3 aromatic carbocycles. The summed E-state index contributed by atoms with van der Waals surface area (Å²) in [5.74, 6) is 0.957. The minimum atomic E-state index is -0.801. The molecule has 1 aromatic heterocycles. The third kappa shape index (κ3) is 4.86. The second kappa shape index (κ2) is 11.1. The summed E-state index contributed by atoms with van der Waals surface area (Å²) < 4.78 is 28.2. The lowest BCUT2D eigenvalue weighted by molar-refractivity contribution is -0.145. The summed E-state index contributed by atoms with van der Waals surface area (Å²) in [6, 6.07) is 13.9. The Labute approximate surface area is 231 Å². The van der Waals surface area contributed by atoms with E-state index < -0.39 is 12.0 Å². The van der Waals surface area contributed by atoms with E-state index in [9.17, 15) is 9.59 Å². The first-order valence-electron chi connectivity index (χ1n) is 12.6. The Morgan fingerprint density at radius 2 is 1.55 bits per heavy atom. The number of hydrogen-bond acceptors (Lipinski definition) is 9. The molecule has 11 nitrogen and oxygen atoms in total. The van der Waals surface area contributed by atoms with Crippen molar-refractivity contribution < 1.29 is 33.3 Å². The Bertz CT molecular complexity index is 1540. The number of carbonyl (C=O) groups is 2. The van der Waals surface area contributed by atoms with Crippen molar-refractivity contribution in [2.24, 2.45) is 0 Å². The van der Waals surface area contributed by atoms with Gasteiger partial charge in [0.05, 0.1) is 47.8 Å². The molecule has 0 bridgehead atoms. The topological polar surface area (TPSA) is 114 Å². The first-order valence-corrected chi connectivity index (χ1v) is 12.6. The van der Waals surface area contributed by atoms with E-state index in [1.165, 1.54) is 33.3 Å². The van der Waals surface area contributed by atoms with Crippen molar-refractivity contribution >= 4 is 22.6 Å². The largest absolute Gasteiger partial charge is 0.497 e. The van der Waals surface area contributed by atoms with Crippen molar-refractivity contribution in [3.8, 4) is 34.3 Å². The zero-order valence-corrected chi connectivity index (χ0v) is 22.9. The molecule has 40 heavy (non-hydrogen) atoms. The molecule has 1 amide bonds. The predicted molar refractivity (Wildman–Crippen MR) is 146 cm³/mol. The first kappa shape index (κ1) is 26.8. The number of rotatable bonds is 8. The second-order valence-electron chi connectivity index (χ2n) is 9.31. The number of fused-ring (bicyclic) bond motifs is 1. The average Bonchev–Trinajstić information content (AvgIpc) is 3.67. The van der Waals surface area contributed by atoms with E-state index >= 15 is 0 Å². The van der Waals surface area contributed by atoms with Gasteiger partial charge in [-0.2, -0.15) is 0 Å². The number of methoxy groups -OCH3 is 5. The van der Waals surface area contributed by atoms with Gasteiger partial charge in [-0.1, -0.05) is 23.4 Å². The van der Waals surface area contributed by atoms with Crippen molar-refractivity contribution in [1.82, 2.24) is 19.9 Å². The van der Waals surface area contributed by atoms with Crippen LogP contribution in [0.15, 0.2) is 54.7 Å². The molecule has 208 valence electrons. The van der Waals surface area contributed by atoms with Gasteiger partial charge in [0, 0.05) is 24.1 Å². The van der Waals surface area contributed by atoms with E-state index in [1.807, 2.05) is 42.6 Å². The smallest absolute Gasteiger partial charge is 0.328 e. The van der Waals surface area contributed by atoms with Crippen LogP contribution in [0.5, 0.6) is 23.0 Å². The van der Waals surface area contributed by atoms with Gasteiger partial charge in [-0.15, -0.1) is 5.10 Å². The van der Waals surface area contributed by atoms with Crippen LogP contribution in [-0.2, 0) is 9.53 Å². The molecule has 2 heterocycles. The second-order valence-corrected chi connectivity index (χ2v) is 9.31. The summed E-state index contributed by atoms with van der Waals surface area (Å²) >= 11 is 0. The van der Waals surface area contributed by atoms with E-state index in [4.69, 9.17) is 23.7 Å². The number of aromatic nitrogens is 3. The molecular formula is C29H30N4O7. The Kier molecular flexibility index (Phi) is 7.45. The fourth-order valence-electron chi connectivity index (χ4n) is 5.06. The lowest BCUT2D eigenvalue weighted by Gasteiger charge is -2.23. The van der Waals surface area contributed by atoms with Crippen LogP contribution in [-0.4, -0.2) is 79.9 Å². The average molecular weight is 547 g/mol. The number of nitrogens with zero attached hydrogens (tertiary/aromatic N) is 4. The van der Waals surface area contributed by atoms with Crippen molar-refractivity contribution in [3.05, 3.63) is 60.3 Å². The standard InChI is InChI=1S/C29H30N4O7/c1-36-22-9-8-17-10-19(7-6-18(17)11-22)23-16-33(31-30-23)21-14-24(29(35)40-5)32(15-21)28(34)20-12-25(37-2)27(39-4)26(13-20)38-3/h6-13,16,21,24H,14-15H2,1-5H3. The van der Waals surface area contributed by atoms with Crippen molar-refractivity contribution in [2.45, 2.75) is 18.5 Å². The fraction of sp³-hybridized carbons (Fsp3) is 0.310. The van der Waals surface area contributed by atoms with Gasteiger partial charge in [0.2, 0.25) is 5.75 Å². The van der Waals surface area contributed by atoms with E-state index in [2.05, 4.69) is 10.3 Å². The molecule has 1 aliphatic rings. The molecule has 0 spiro atoms. The van der Waals surface area contributed by atoms with Crippen LogP contribution >= 0.6 is 0 Å². The van der Waals surface area contributed by atoms with E-state index in [1.54, 1.807) is 23.9 Å². The van der Waals surface area contributed by atoms with Gasteiger partial charge in [0.1, 0.15) is 17.5 Å². The summed E-state index contributed by atoms with van der Waals surface area (Å²) in [7, 11) is 7.38. The summed E-state index contributed by atoms with van der Waals surface area (Å²) in [5, 5.41) is 10.8. The van der Waals surface area contributed by atoms with Crippen LogP contribution in [0.1, 0.15) is 22.8 Å². The highest BCUT2D eigenvalue weighted by molar-refractivity contribution is 5.98. The lowest BCUT2D eigenvalue weighted by Crippen LogP contribution is -2.41. The van der Waals surface area contributed by atoms with Crippen LogP contribution in [0, 0.1) is 0 Å². The molecule has 4 aromatic rings. The van der Waals surface area contributed by atoms with E-state index in [0.29, 0.717) is 29.4 Å². The highest BCUT2D eigenvalue weighted by Crippen LogP contribution is 2.39. The third-order valence-electron chi connectivity index (χ3n) is 7.15. The number of esters is 1. The quantitative estimate of drug-likeness (QED) is 0.305. The third-order valence-corrected chi connectivity index (χ3v) is 7.15.